The fourth-order valence-corrected chi connectivity index (χ4v) is 1.31. The molecule has 0 aliphatic carbocycles. The highest BCUT2D eigenvalue weighted by atomic mass is 32.2. The van der Waals surface area contributed by atoms with Crippen molar-refractivity contribution in [2.24, 2.45) is 5.14 Å². The number of primary sulfonamides is 1. The minimum atomic E-state index is -4.05. The molecule has 1 rings (SSSR count). The molecular weight excluding hydrogens is 172 g/mol. The van der Waals surface area contributed by atoms with E-state index >= 15 is 0 Å². The van der Waals surface area contributed by atoms with Crippen LogP contribution in [-0.4, -0.2) is 38.3 Å². The molecule has 0 aromatic carbocycles. The maximum atomic E-state index is 10.7. The first-order valence-corrected chi connectivity index (χ1v) is 4.60. The van der Waals surface area contributed by atoms with Crippen molar-refractivity contribution < 1.29 is 18.3 Å². The van der Waals surface area contributed by atoms with Gasteiger partial charge in [0, 0.05) is 6.54 Å². The van der Waals surface area contributed by atoms with Crippen molar-refractivity contribution in [2.75, 3.05) is 19.7 Å². The van der Waals surface area contributed by atoms with E-state index in [1.807, 2.05) is 0 Å². The summed E-state index contributed by atoms with van der Waals surface area (Å²) >= 11 is 0. The first kappa shape index (κ1) is 8.88. The fourth-order valence-electron chi connectivity index (χ4n) is 0.763. The van der Waals surface area contributed by atoms with Crippen LogP contribution in [0.4, 0.5) is 0 Å². The summed E-state index contributed by atoms with van der Waals surface area (Å²) in [6.45, 7) is 0.455. The number of ether oxygens (including phenoxy) is 1. The molecule has 7 heteroatoms. The molecule has 0 saturated carbocycles. The van der Waals surface area contributed by atoms with Gasteiger partial charge in [-0.15, -0.1) is 0 Å². The molecule has 0 bridgehead atoms. The van der Waals surface area contributed by atoms with Gasteiger partial charge in [0.2, 0.25) is 0 Å². The van der Waals surface area contributed by atoms with Crippen LogP contribution in [0, 0.1) is 0 Å². The summed E-state index contributed by atoms with van der Waals surface area (Å²) < 4.78 is 26.0. The average Bonchev–Trinajstić information content (AvgIpc) is 1.87. The topological polar surface area (TPSA) is 102 Å². The lowest BCUT2D eigenvalue weighted by atomic mass is 10.5. The lowest BCUT2D eigenvalue weighted by molar-refractivity contribution is -0.150. The van der Waals surface area contributed by atoms with Crippen LogP contribution in [-0.2, 0) is 14.8 Å². The Morgan fingerprint density at radius 3 is 2.55 bits per heavy atom. The molecule has 0 aromatic rings. The van der Waals surface area contributed by atoms with E-state index in [4.69, 9.17) is 5.14 Å². The zero-order valence-corrected chi connectivity index (χ0v) is 6.60. The number of nitrogens with one attached hydrogen (secondary N) is 1. The number of β-amino-alcohol motifs (C(OH)–C–C–N with tert-alkyl or cyclic N) is 1. The zero-order valence-electron chi connectivity index (χ0n) is 5.78. The van der Waals surface area contributed by atoms with Gasteiger partial charge in [-0.1, -0.05) is 0 Å². The van der Waals surface area contributed by atoms with Crippen LogP contribution in [0.3, 0.4) is 0 Å². The second kappa shape index (κ2) is 2.68. The molecule has 4 N–H and O–H groups in total. The fraction of sp³-hybridized carbons (Fsp3) is 1.00. The van der Waals surface area contributed by atoms with Crippen molar-refractivity contribution in [3.8, 4) is 0 Å². The Morgan fingerprint density at radius 2 is 2.27 bits per heavy atom. The van der Waals surface area contributed by atoms with E-state index in [2.05, 4.69) is 10.1 Å². The molecule has 0 spiro atoms. The number of nitrogens with two attached hydrogens (primary N) is 1. The molecule has 6 nitrogen and oxygen atoms in total. The Bertz CT molecular complexity index is 230. The molecule has 1 heterocycles. The van der Waals surface area contributed by atoms with E-state index in [0.29, 0.717) is 6.54 Å². The minimum absolute atomic E-state index is 0.132. The van der Waals surface area contributed by atoms with Crippen LogP contribution >= 0.6 is 0 Å². The van der Waals surface area contributed by atoms with Crippen LogP contribution in [0.15, 0.2) is 0 Å². The quantitative estimate of drug-likeness (QED) is 0.417. The molecule has 1 unspecified atom stereocenters. The van der Waals surface area contributed by atoms with E-state index in [1.165, 1.54) is 0 Å². The van der Waals surface area contributed by atoms with Gasteiger partial charge < -0.3 is 15.2 Å². The Labute approximate surface area is 64.4 Å². The third kappa shape index (κ3) is 1.68. The molecule has 0 radical (unpaired) electrons. The van der Waals surface area contributed by atoms with Gasteiger partial charge in [-0.25, -0.2) is 13.6 Å². The summed E-state index contributed by atoms with van der Waals surface area (Å²) in [5.74, 6) is 0. The van der Waals surface area contributed by atoms with Crippen molar-refractivity contribution >= 4 is 10.0 Å². The highest BCUT2D eigenvalue weighted by Crippen LogP contribution is 2.13. The number of rotatable bonds is 1. The number of hydrogen-bond acceptors (Lipinski definition) is 5. The Kier molecular flexibility index (Phi) is 2.17. The normalized spacial score (nSPS) is 33.6. The molecule has 1 aliphatic rings. The smallest absolute Gasteiger partial charge is 0.298 e. The van der Waals surface area contributed by atoms with Crippen LogP contribution in [0.5, 0.6) is 0 Å². The van der Waals surface area contributed by atoms with Crippen molar-refractivity contribution in [1.29, 1.82) is 0 Å². The maximum absolute atomic E-state index is 10.7. The Morgan fingerprint density at radius 1 is 1.64 bits per heavy atom. The average molecular weight is 182 g/mol. The van der Waals surface area contributed by atoms with Gasteiger partial charge in [-0.3, -0.25) is 0 Å². The summed E-state index contributed by atoms with van der Waals surface area (Å²) in [5.41, 5.74) is 0. The van der Waals surface area contributed by atoms with E-state index in [9.17, 15) is 13.5 Å². The van der Waals surface area contributed by atoms with Gasteiger partial charge in [0.1, 0.15) is 0 Å². The first-order chi connectivity index (χ1) is 4.96. The molecule has 1 aliphatic heterocycles. The molecule has 1 fully saturated rings. The number of aliphatic hydroxyl groups is 1. The van der Waals surface area contributed by atoms with Crippen LogP contribution in [0.25, 0.3) is 0 Å². The summed E-state index contributed by atoms with van der Waals surface area (Å²) in [4.78, 5) is 0. The second-order valence-corrected chi connectivity index (χ2v) is 4.01. The molecular formula is C4H10N2O4S. The van der Waals surface area contributed by atoms with Gasteiger partial charge in [0.15, 0.2) is 0 Å². The lowest BCUT2D eigenvalue weighted by Gasteiger charge is -2.29. The van der Waals surface area contributed by atoms with E-state index < -0.39 is 15.1 Å². The standard InChI is InChI=1S/C4H10N2O4S/c5-11(8,9)4(7)3-6-1-2-10-4/h6-7H,1-3H2,(H2,5,8,9). The first-order valence-electron chi connectivity index (χ1n) is 3.05. The number of sulfonamides is 1. The zero-order chi connectivity index (χ0) is 8.54. The van der Waals surface area contributed by atoms with Crippen molar-refractivity contribution in [3.63, 3.8) is 0 Å². The minimum Gasteiger partial charge on any atom is -0.351 e. The monoisotopic (exact) mass is 182 g/mol. The molecule has 1 atom stereocenters. The third-order valence-corrected chi connectivity index (χ3v) is 2.55. The summed E-state index contributed by atoms with van der Waals surface area (Å²) in [6, 6.07) is 0. The highest BCUT2D eigenvalue weighted by Gasteiger charge is 2.42. The van der Waals surface area contributed by atoms with Crippen LogP contribution in [0.1, 0.15) is 0 Å². The van der Waals surface area contributed by atoms with E-state index in [0.717, 1.165) is 0 Å². The Balaban J connectivity index is 2.81. The largest absolute Gasteiger partial charge is 0.351 e. The Hall–Kier alpha value is -0.210. The van der Waals surface area contributed by atoms with Crippen molar-refractivity contribution in [2.45, 2.75) is 5.12 Å². The van der Waals surface area contributed by atoms with Crippen LogP contribution in [0.2, 0.25) is 0 Å². The van der Waals surface area contributed by atoms with Gasteiger partial charge in [0.05, 0.1) is 13.2 Å². The lowest BCUT2D eigenvalue weighted by Crippen LogP contribution is -2.57. The molecule has 11 heavy (non-hydrogen) atoms. The van der Waals surface area contributed by atoms with Crippen molar-refractivity contribution in [3.05, 3.63) is 0 Å². The summed E-state index contributed by atoms with van der Waals surface area (Å²) in [5, 5.41) is 14.3. The van der Waals surface area contributed by atoms with Gasteiger partial charge in [-0.05, 0) is 0 Å². The SMILES string of the molecule is NS(=O)(=O)C1(O)CNCCO1. The third-order valence-electron chi connectivity index (χ3n) is 1.40. The van der Waals surface area contributed by atoms with Crippen LogP contribution < -0.4 is 10.5 Å². The molecule has 0 amide bonds. The predicted molar refractivity (Wildman–Crippen MR) is 36.9 cm³/mol. The van der Waals surface area contributed by atoms with E-state index in [-0.39, 0.29) is 13.2 Å². The maximum Gasteiger partial charge on any atom is 0.298 e. The summed E-state index contributed by atoms with van der Waals surface area (Å²) in [7, 11) is -4.05. The van der Waals surface area contributed by atoms with Crippen molar-refractivity contribution in [1.82, 2.24) is 5.32 Å². The molecule has 1 saturated heterocycles. The number of hydrogen-bond donors (Lipinski definition) is 3. The predicted octanol–water partition coefficient (Wildman–Crippen LogP) is -2.46. The molecule has 0 aromatic heterocycles. The van der Waals surface area contributed by atoms with Gasteiger partial charge >= 0.3 is 0 Å². The van der Waals surface area contributed by atoms with Gasteiger partial charge in [-0.2, -0.15) is 0 Å². The van der Waals surface area contributed by atoms with E-state index in [1.54, 1.807) is 0 Å². The van der Waals surface area contributed by atoms with Gasteiger partial charge in [0.25, 0.3) is 15.1 Å². The second-order valence-electron chi connectivity index (χ2n) is 2.28. The summed E-state index contributed by atoms with van der Waals surface area (Å²) in [6.07, 6.45) is 0. The molecule has 66 valence electrons. The highest BCUT2D eigenvalue weighted by molar-refractivity contribution is 7.90. The number of morpholine rings is 1.